The number of aromatic nitrogens is 2. The van der Waals surface area contributed by atoms with Gasteiger partial charge in [0.15, 0.2) is 6.10 Å². The molecule has 2 aromatic rings. The number of carbonyl (C=O) groups excluding carboxylic acids is 1. The van der Waals surface area contributed by atoms with Crippen LogP contribution in [0.25, 0.3) is 0 Å². The summed E-state index contributed by atoms with van der Waals surface area (Å²) in [5.41, 5.74) is 1.90. The topological polar surface area (TPSA) is 115 Å². The summed E-state index contributed by atoms with van der Waals surface area (Å²) in [6, 6.07) is 5.79. The molecule has 9 nitrogen and oxygen atoms in total. The summed E-state index contributed by atoms with van der Waals surface area (Å²) in [4.78, 5) is 26.7. The van der Waals surface area contributed by atoms with Crippen LogP contribution in [-0.4, -0.2) is 64.8 Å². The Morgan fingerprint density at radius 3 is 2.81 bits per heavy atom. The number of halogens is 2. The van der Waals surface area contributed by atoms with Gasteiger partial charge in [0.25, 0.3) is 5.91 Å². The van der Waals surface area contributed by atoms with Crippen LogP contribution in [0.5, 0.6) is 0 Å². The molecule has 0 unspecified atom stereocenters. The number of aliphatic hydroxyl groups excluding tert-OH is 1. The predicted octanol–water partition coefficient (Wildman–Crippen LogP) is 1.78. The van der Waals surface area contributed by atoms with E-state index < -0.39 is 11.7 Å². The highest BCUT2D eigenvalue weighted by Gasteiger charge is 2.35. The second-order valence-electron chi connectivity index (χ2n) is 7.51. The Morgan fingerprint density at radius 1 is 1.25 bits per heavy atom. The normalized spacial score (nSPS) is 22.9. The number of oxime groups is 1. The van der Waals surface area contributed by atoms with Gasteiger partial charge >= 0.3 is 0 Å². The van der Waals surface area contributed by atoms with Crippen LogP contribution < -0.4 is 5.32 Å². The molecule has 1 aromatic carbocycles. The van der Waals surface area contributed by atoms with Crippen molar-refractivity contribution in [3.63, 3.8) is 0 Å². The number of carbonyl (C=O) groups is 1. The van der Waals surface area contributed by atoms with E-state index in [9.17, 15) is 9.18 Å². The smallest absolute Gasteiger partial charge is 0.270 e. The van der Waals surface area contributed by atoms with Crippen molar-refractivity contribution in [2.45, 2.75) is 38.2 Å². The Balaban J connectivity index is 1.39. The third-order valence-electron chi connectivity index (χ3n) is 5.11. The molecular formula is C21H22ClFN4O5. The molecule has 3 atom stereocenters. The maximum atomic E-state index is 13.3. The molecule has 1 fully saturated rings. The number of aliphatic hydroxyl groups is 1. The number of aryl methyl sites for hydroxylation is 1. The number of benzene rings is 1. The van der Waals surface area contributed by atoms with Crippen LogP contribution in [0.15, 0.2) is 29.4 Å². The van der Waals surface area contributed by atoms with Gasteiger partial charge in [0.2, 0.25) is 0 Å². The lowest BCUT2D eigenvalue weighted by Gasteiger charge is -2.30. The summed E-state index contributed by atoms with van der Waals surface area (Å²) in [6.45, 7) is 2.33. The number of nitrogens with zero attached hydrogens (tertiary/aromatic N) is 3. The van der Waals surface area contributed by atoms with Gasteiger partial charge in [-0.25, -0.2) is 14.4 Å². The molecule has 0 spiro atoms. The number of amides is 1. The fraction of sp³-hybridized carbons (Fsp3) is 0.429. The standard InChI is InChI=1S/C21H22ClFN4O5/c1-11-25-16(17-6-19(32-27-17)20-10-30-13(8-28)9-31-20)5-18(26-11)21(29)24-7-12-2-3-15(23)14(22)4-12/h2-5,13,19-20,28H,6-10H2,1H3,(H,24,29)/t13-,19-,20-/m1/s1. The van der Waals surface area contributed by atoms with Crippen LogP contribution in [0.1, 0.15) is 34.0 Å². The Labute approximate surface area is 188 Å². The van der Waals surface area contributed by atoms with Crippen molar-refractivity contribution in [3.8, 4) is 0 Å². The second kappa shape index (κ2) is 9.86. The molecule has 0 radical (unpaired) electrons. The van der Waals surface area contributed by atoms with E-state index in [0.29, 0.717) is 35.8 Å². The van der Waals surface area contributed by atoms with E-state index in [4.69, 9.17) is 31.0 Å². The Bertz CT molecular complexity index is 1030. The maximum Gasteiger partial charge on any atom is 0.270 e. The molecule has 1 saturated heterocycles. The lowest BCUT2D eigenvalue weighted by atomic mass is 10.0. The summed E-state index contributed by atoms with van der Waals surface area (Å²) in [5, 5.41) is 16.0. The Hall–Kier alpha value is -2.66. The summed E-state index contributed by atoms with van der Waals surface area (Å²) in [6.07, 6.45) is -0.555. The monoisotopic (exact) mass is 464 g/mol. The molecule has 0 aliphatic carbocycles. The minimum absolute atomic E-state index is 0.00931. The molecule has 32 heavy (non-hydrogen) atoms. The first kappa shape index (κ1) is 22.5. The molecule has 1 amide bonds. The van der Waals surface area contributed by atoms with E-state index in [0.717, 1.165) is 0 Å². The first-order chi connectivity index (χ1) is 15.4. The number of nitrogens with one attached hydrogen (secondary N) is 1. The fourth-order valence-corrected chi connectivity index (χ4v) is 3.58. The second-order valence-corrected chi connectivity index (χ2v) is 7.92. The van der Waals surface area contributed by atoms with E-state index in [1.54, 1.807) is 19.1 Å². The van der Waals surface area contributed by atoms with E-state index in [1.165, 1.54) is 12.1 Å². The summed E-state index contributed by atoms with van der Waals surface area (Å²) < 4.78 is 24.5. The minimum Gasteiger partial charge on any atom is -0.394 e. The van der Waals surface area contributed by atoms with E-state index in [-0.39, 0.29) is 48.8 Å². The van der Waals surface area contributed by atoms with Crippen LogP contribution in [0.4, 0.5) is 4.39 Å². The average molecular weight is 465 g/mol. The van der Waals surface area contributed by atoms with E-state index in [2.05, 4.69) is 20.4 Å². The molecule has 1 aromatic heterocycles. The van der Waals surface area contributed by atoms with Crippen molar-refractivity contribution in [1.29, 1.82) is 0 Å². The first-order valence-corrected chi connectivity index (χ1v) is 10.5. The quantitative estimate of drug-likeness (QED) is 0.669. The van der Waals surface area contributed by atoms with Gasteiger partial charge in [0.05, 0.1) is 30.5 Å². The van der Waals surface area contributed by atoms with Gasteiger partial charge < -0.3 is 24.7 Å². The Kier molecular flexibility index (Phi) is 6.95. The summed E-state index contributed by atoms with van der Waals surface area (Å²) >= 11 is 5.78. The van der Waals surface area contributed by atoms with Gasteiger partial charge in [-0.3, -0.25) is 4.79 Å². The fourth-order valence-electron chi connectivity index (χ4n) is 3.38. The molecule has 3 heterocycles. The predicted molar refractivity (Wildman–Crippen MR) is 112 cm³/mol. The number of ether oxygens (including phenoxy) is 2. The van der Waals surface area contributed by atoms with Crippen LogP contribution in [0.3, 0.4) is 0 Å². The lowest BCUT2D eigenvalue weighted by molar-refractivity contribution is -0.178. The molecule has 170 valence electrons. The first-order valence-electron chi connectivity index (χ1n) is 10.1. The zero-order chi connectivity index (χ0) is 22.7. The number of rotatable bonds is 6. The van der Waals surface area contributed by atoms with E-state index in [1.807, 2.05) is 0 Å². The van der Waals surface area contributed by atoms with Crippen LogP contribution in [0.2, 0.25) is 5.02 Å². The molecule has 11 heteroatoms. The molecule has 0 bridgehead atoms. The zero-order valence-electron chi connectivity index (χ0n) is 17.3. The molecular weight excluding hydrogens is 443 g/mol. The third-order valence-corrected chi connectivity index (χ3v) is 5.40. The lowest BCUT2D eigenvalue weighted by Crippen LogP contribution is -2.43. The van der Waals surface area contributed by atoms with Crippen molar-refractivity contribution < 1.29 is 28.6 Å². The van der Waals surface area contributed by atoms with Crippen molar-refractivity contribution >= 4 is 23.2 Å². The van der Waals surface area contributed by atoms with Gasteiger partial charge in [-0.15, -0.1) is 0 Å². The number of hydrogen-bond acceptors (Lipinski definition) is 8. The largest absolute Gasteiger partial charge is 0.394 e. The van der Waals surface area contributed by atoms with E-state index >= 15 is 0 Å². The average Bonchev–Trinajstić information content (AvgIpc) is 3.30. The highest BCUT2D eigenvalue weighted by molar-refractivity contribution is 6.30. The van der Waals surface area contributed by atoms with Gasteiger partial charge in [-0.05, 0) is 30.7 Å². The van der Waals surface area contributed by atoms with Crippen molar-refractivity contribution in [2.24, 2.45) is 5.16 Å². The number of hydrogen-bond donors (Lipinski definition) is 2. The highest BCUT2D eigenvalue weighted by Crippen LogP contribution is 2.23. The van der Waals surface area contributed by atoms with Crippen molar-refractivity contribution in [2.75, 3.05) is 19.8 Å². The molecule has 4 rings (SSSR count). The Morgan fingerprint density at radius 2 is 2.09 bits per heavy atom. The van der Waals surface area contributed by atoms with Crippen LogP contribution >= 0.6 is 11.6 Å². The van der Waals surface area contributed by atoms with Crippen molar-refractivity contribution in [1.82, 2.24) is 15.3 Å². The van der Waals surface area contributed by atoms with Crippen LogP contribution in [-0.2, 0) is 20.9 Å². The molecule has 2 aliphatic heterocycles. The summed E-state index contributed by atoms with van der Waals surface area (Å²) in [5.74, 6) is -0.520. The molecule has 2 N–H and O–H groups in total. The van der Waals surface area contributed by atoms with Gasteiger partial charge in [0.1, 0.15) is 35.3 Å². The van der Waals surface area contributed by atoms with Gasteiger partial charge in [0, 0.05) is 13.0 Å². The highest BCUT2D eigenvalue weighted by atomic mass is 35.5. The van der Waals surface area contributed by atoms with Gasteiger partial charge in [-0.2, -0.15) is 0 Å². The molecule has 0 saturated carbocycles. The van der Waals surface area contributed by atoms with Crippen molar-refractivity contribution in [3.05, 3.63) is 57.9 Å². The molecule has 2 aliphatic rings. The maximum absolute atomic E-state index is 13.3. The zero-order valence-corrected chi connectivity index (χ0v) is 18.0. The summed E-state index contributed by atoms with van der Waals surface area (Å²) in [7, 11) is 0. The van der Waals surface area contributed by atoms with Gasteiger partial charge in [-0.1, -0.05) is 22.8 Å². The third kappa shape index (κ3) is 5.21. The SMILES string of the molecule is Cc1nc(C(=O)NCc2ccc(F)c(Cl)c2)cc(C2=NO[C@@H]([C@H]3CO[C@H](CO)CO3)C2)n1. The minimum atomic E-state index is -0.519. The van der Waals surface area contributed by atoms with Crippen LogP contribution in [0, 0.1) is 12.7 Å².